The molecule has 1 heterocycles. The van der Waals surface area contributed by atoms with Crippen molar-refractivity contribution in [3.63, 3.8) is 0 Å². The minimum atomic E-state index is -1.39. The van der Waals surface area contributed by atoms with Crippen LogP contribution in [0.4, 0.5) is 0 Å². The van der Waals surface area contributed by atoms with Gasteiger partial charge in [-0.3, -0.25) is 4.79 Å². The molecule has 1 N–H and O–H groups in total. The summed E-state index contributed by atoms with van der Waals surface area (Å²) in [6.45, 7) is 0. The zero-order valence-electron chi connectivity index (χ0n) is 16.0. The fraction of sp³-hybridized carbons (Fsp3) is 0.167. The molecule has 1 aliphatic rings. The number of rotatable bonds is 7. The van der Waals surface area contributed by atoms with Crippen LogP contribution in [0.25, 0.3) is 0 Å². The van der Waals surface area contributed by atoms with Crippen molar-refractivity contribution in [3.8, 4) is 0 Å². The number of benzene rings is 3. The molecule has 1 amide bonds. The zero-order valence-corrected chi connectivity index (χ0v) is 17.6. The first-order valence-electron chi connectivity index (χ1n) is 9.56. The Labute approximate surface area is 184 Å². The number of nitrogens with zero attached hydrogens (tertiary/aromatic N) is 1. The van der Waals surface area contributed by atoms with Gasteiger partial charge in [0.2, 0.25) is 11.4 Å². The highest BCUT2D eigenvalue weighted by molar-refractivity contribution is 8.01. The molecule has 1 fully saturated rings. The lowest BCUT2D eigenvalue weighted by Gasteiger charge is -2.47. The maximum absolute atomic E-state index is 12.2. The predicted molar refractivity (Wildman–Crippen MR) is 119 cm³/mol. The highest BCUT2D eigenvalue weighted by Gasteiger charge is 2.49. The summed E-state index contributed by atoms with van der Waals surface area (Å²) in [4.78, 5) is 25.0. The monoisotopic (exact) mass is 437 g/mol. The predicted octanol–water partition coefficient (Wildman–Crippen LogP) is 4.92. The molecular formula is C24H20ClNO3S. The lowest BCUT2D eigenvalue weighted by molar-refractivity contribution is -0.153. The summed E-state index contributed by atoms with van der Waals surface area (Å²) < 4.78 is -0.636. The molecule has 4 nitrogen and oxygen atoms in total. The molecule has 3 aromatic carbocycles. The second-order valence-electron chi connectivity index (χ2n) is 7.03. The molecule has 152 valence electrons. The number of carboxylic acids is 1. The number of halogens is 1. The molecule has 0 aromatic heterocycles. The van der Waals surface area contributed by atoms with Crippen molar-refractivity contribution in [2.24, 2.45) is 0 Å². The SMILES string of the molecule is O=C(O)C(Cl)N1C(=O)CC1SC(c1ccccc1)(c1ccccc1)c1ccccc1. The molecule has 2 atom stereocenters. The molecule has 2 unspecified atom stereocenters. The molecule has 0 radical (unpaired) electrons. The molecule has 1 saturated heterocycles. The van der Waals surface area contributed by atoms with Gasteiger partial charge in [-0.05, 0) is 16.7 Å². The van der Waals surface area contributed by atoms with Crippen molar-refractivity contribution in [3.05, 3.63) is 108 Å². The van der Waals surface area contributed by atoms with E-state index in [1.54, 1.807) is 11.8 Å². The average molecular weight is 438 g/mol. The number of thioether (sulfide) groups is 1. The van der Waals surface area contributed by atoms with Crippen molar-refractivity contribution in [2.75, 3.05) is 0 Å². The van der Waals surface area contributed by atoms with E-state index in [0.717, 1.165) is 16.7 Å². The Morgan fingerprint density at radius 1 is 0.900 bits per heavy atom. The van der Waals surface area contributed by atoms with Gasteiger partial charge in [-0.2, -0.15) is 0 Å². The third-order valence-electron chi connectivity index (χ3n) is 5.25. The maximum Gasteiger partial charge on any atom is 0.342 e. The molecule has 4 rings (SSSR count). The standard InChI is InChI=1S/C24H20ClNO3S/c25-22(23(28)29)26-20(27)16-21(26)30-24(17-10-4-1-5-11-17,18-12-6-2-7-13-18)19-14-8-3-9-15-19/h1-15,21-22H,16H2,(H,28,29). The number of β-lactam (4-membered cyclic amide) rings is 1. The number of carboxylic acid groups (broad SMARTS) is 1. The van der Waals surface area contributed by atoms with Crippen LogP contribution >= 0.6 is 23.4 Å². The Bertz CT molecular complexity index is 933. The van der Waals surface area contributed by atoms with Crippen LogP contribution in [-0.4, -0.2) is 32.8 Å². The fourth-order valence-corrected chi connectivity index (χ4v) is 5.93. The first kappa shape index (κ1) is 20.5. The highest BCUT2D eigenvalue weighted by Crippen LogP contribution is 2.53. The fourth-order valence-electron chi connectivity index (χ4n) is 3.82. The second-order valence-corrected chi connectivity index (χ2v) is 8.84. The number of likely N-dealkylation sites (tertiary alicyclic amines) is 1. The number of hydrogen-bond donors (Lipinski definition) is 1. The molecule has 0 aliphatic carbocycles. The molecule has 0 saturated carbocycles. The van der Waals surface area contributed by atoms with Crippen LogP contribution in [-0.2, 0) is 14.3 Å². The van der Waals surface area contributed by atoms with E-state index < -0.39 is 16.2 Å². The normalized spacial score (nSPS) is 17.3. The Balaban J connectivity index is 1.88. The number of hydrogen-bond acceptors (Lipinski definition) is 3. The second kappa shape index (κ2) is 8.54. The highest BCUT2D eigenvalue weighted by atomic mass is 35.5. The van der Waals surface area contributed by atoms with Gasteiger partial charge in [-0.1, -0.05) is 103 Å². The minimum Gasteiger partial charge on any atom is -0.479 e. The topological polar surface area (TPSA) is 57.6 Å². The smallest absolute Gasteiger partial charge is 0.342 e. The summed E-state index contributed by atoms with van der Waals surface area (Å²) in [5, 5.41) is 9.00. The van der Waals surface area contributed by atoms with E-state index in [1.165, 1.54) is 4.90 Å². The number of carbonyl (C=O) groups excluding carboxylic acids is 1. The lowest BCUT2D eigenvalue weighted by Crippen LogP contribution is -2.57. The van der Waals surface area contributed by atoms with Gasteiger partial charge in [0.05, 0.1) is 16.5 Å². The summed E-state index contributed by atoms with van der Waals surface area (Å²) in [5.74, 6) is -1.47. The summed E-state index contributed by atoms with van der Waals surface area (Å²) in [6.07, 6.45) is 0.245. The Hall–Kier alpha value is -2.76. The summed E-state index contributed by atoms with van der Waals surface area (Å²) in [6, 6.07) is 30.2. The lowest BCUT2D eigenvalue weighted by atomic mass is 9.84. The van der Waals surface area contributed by atoms with Crippen molar-refractivity contribution in [1.82, 2.24) is 4.90 Å². The minimum absolute atomic E-state index is 0.245. The summed E-state index contributed by atoms with van der Waals surface area (Å²) in [7, 11) is 0. The Morgan fingerprint density at radius 3 is 1.63 bits per heavy atom. The van der Waals surface area contributed by atoms with Gasteiger partial charge in [0.1, 0.15) is 0 Å². The molecule has 0 bridgehead atoms. The van der Waals surface area contributed by atoms with Gasteiger partial charge >= 0.3 is 5.97 Å². The first-order valence-corrected chi connectivity index (χ1v) is 10.9. The molecular weight excluding hydrogens is 418 g/mol. The quantitative estimate of drug-likeness (QED) is 0.247. The summed E-state index contributed by atoms with van der Waals surface area (Å²) in [5.41, 5.74) is 1.76. The van der Waals surface area contributed by atoms with Crippen molar-refractivity contribution >= 4 is 35.2 Å². The zero-order chi connectivity index (χ0) is 21.1. The largest absolute Gasteiger partial charge is 0.479 e. The van der Waals surface area contributed by atoms with Crippen molar-refractivity contribution < 1.29 is 14.7 Å². The number of carbonyl (C=O) groups is 2. The van der Waals surface area contributed by atoms with Gasteiger partial charge < -0.3 is 10.0 Å². The molecule has 6 heteroatoms. The van der Waals surface area contributed by atoms with E-state index >= 15 is 0 Å². The van der Waals surface area contributed by atoms with Crippen LogP contribution in [0.15, 0.2) is 91.0 Å². The van der Waals surface area contributed by atoms with Crippen molar-refractivity contribution in [1.29, 1.82) is 0 Å². The van der Waals surface area contributed by atoms with E-state index in [-0.39, 0.29) is 17.7 Å². The Morgan fingerprint density at radius 2 is 1.30 bits per heavy atom. The van der Waals surface area contributed by atoms with Crippen LogP contribution < -0.4 is 0 Å². The molecule has 3 aromatic rings. The van der Waals surface area contributed by atoms with Crippen LogP contribution in [0.2, 0.25) is 0 Å². The third kappa shape index (κ3) is 3.59. The van der Waals surface area contributed by atoms with Crippen LogP contribution in [0, 0.1) is 0 Å². The third-order valence-corrected chi connectivity index (χ3v) is 7.37. The molecule has 0 spiro atoms. The first-order chi connectivity index (χ1) is 14.5. The number of aliphatic carboxylic acids is 1. The van der Waals surface area contributed by atoms with Crippen LogP contribution in [0.1, 0.15) is 23.1 Å². The van der Waals surface area contributed by atoms with E-state index in [0.29, 0.717) is 0 Å². The van der Waals surface area contributed by atoms with Gasteiger partial charge in [0, 0.05) is 0 Å². The number of amides is 1. The maximum atomic E-state index is 12.2. The van der Waals surface area contributed by atoms with Gasteiger partial charge in [0.25, 0.3) is 0 Å². The van der Waals surface area contributed by atoms with E-state index in [4.69, 9.17) is 11.6 Å². The van der Waals surface area contributed by atoms with Gasteiger partial charge in [-0.25, -0.2) is 4.79 Å². The van der Waals surface area contributed by atoms with E-state index in [1.807, 2.05) is 54.6 Å². The molecule has 30 heavy (non-hydrogen) atoms. The number of alkyl halides is 1. The van der Waals surface area contributed by atoms with Gasteiger partial charge in [0.15, 0.2) is 0 Å². The van der Waals surface area contributed by atoms with Crippen molar-refractivity contribution in [2.45, 2.75) is 22.0 Å². The van der Waals surface area contributed by atoms with Crippen LogP contribution in [0.5, 0.6) is 0 Å². The average Bonchev–Trinajstić information content (AvgIpc) is 2.78. The van der Waals surface area contributed by atoms with E-state index in [9.17, 15) is 14.7 Å². The summed E-state index contributed by atoms with van der Waals surface area (Å²) >= 11 is 7.62. The Kier molecular flexibility index (Phi) is 5.84. The van der Waals surface area contributed by atoms with E-state index in [2.05, 4.69) is 36.4 Å². The van der Waals surface area contributed by atoms with Gasteiger partial charge in [-0.15, -0.1) is 11.8 Å². The van der Waals surface area contributed by atoms with Crippen LogP contribution in [0.3, 0.4) is 0 Å². The molecule has 1 aliphatic heterocycles.